The van der Waals surface area contributed by atoms with Crippen molar-refractivity contribution in [2.24, 2.45) is 0 Å². The Morgan fingerprint density at radius 2 is 1.71 bits per heavy atom. The molecule has 0 aliphatic rings. The molecule has 0 spiro atoms. The highest BCUT2D eigenvalue weighted by atomic mass is 19.1. The zero-order valence-corrected chi connectivity index (χ0v) is 9.83. The number of benzene rings is 2. The van der Waals surface area contributed by atoms with Gasteiger partial charge in [-0.15, -0.1) is 0 Å². The van der Waals surface area contributed by atoms with Gasteiger partial charge >= 0.3 is 0 Å². The number of hydrogen-bond acceptors (Lipinski definition) is 2. The summed E-state index contributed by atoms with van der Waals surface area (Å²) in [5.74, 6) is 0.907. The molecular formula is C14H14FNO. The lowest BCUT2D eigenvalue weighted by Gasteiger charge is -2.11. The molecule has 3 heteroatoms. The predicted molar refractivity (Wildman–Crippen MR) is 66.8 cm³/mol. The fraction of sp³-hybridized carbons (Fsp3) is 0.143. The fourth-order valence-electron chi connectivity index (χ4n) is 1.59. The number of nitrogens with two attached hydrogens (primary N) is 1. The molecule has 0 amide bonds. The van der Waals surface area contributed by atoms with Gasteiger partial charge in [-0.1, -0.05) is 6.07 Å². The van der Waals surface area contributed by atoms with E-state index in [1.165, 1.54) is 12.1 Å². The second-order valence-electron chi connectivity index (χ2n) is 4.04. The quantitative estimate of drug-likeness (QED) is 0.797. The Kier molecular flexibility index (Phi) is 3.00. The van der Waals surface area contributed by atoms with Gasteiger partial charge in [0, 0.05) is 11.8 Å². The van der Waals surface area contributed by atoms with Crippen molar-refractivity contribution in [1.82, 2.24) is 0 Å². The summed E-state index contributed by atoms with van der Waals surface area (Å²) in [6.07, 6.45) is 0. The van der Waals surface area contributed by atoms with E-state index < -0.39 is 0 Å². The van der Waals surface area contributed by atoms with E-state index in [0.717, 1.165) is 11.1 Å². The molecule has 0 aromatic heterocycles. The Labute approximate surface area is 99.8 Å². The van der Waals surface area contributed by atoms with Gasteiger partial charge in [0.05, 0.1) is 0 Å². The van der Waals surface area contributed by atoms with Gasteiger partial charge in [-0.05, 0) is 49.2 Å². The normalized spacial score (nSPS) is 10.3. The van der Waals surface area contributed by atoms with Crippen LogP contribution < -0.4 is 10.5 Å². The molecular weight excluding hydrogens is 217 g/mol. The van der Waals surface area contributed by atoms with Crippen molar-refractivity contribution in [3.8, 4) is 11.5 Å². The molecule has 2 aromatic rings. The van der Waals surface area contributed by atoms with Gasteiger partial charge in [0.2, 0.25) is 0 Å². The van der Waals surface area contributed by atoms with Crippen LogP contribution in [0.3, 0.4) is 0 Å². The van der Waals surface area contributed by atoms with Crippen molar-refractivity contribution >= 4 is 5.69 Å². The second-order valence-corrected chi connectivity index (χ2v) is 4.04. The zero-order valence-electron chi connectivity index (χ0n) is 9.83. The van der Waals surface area contributed by atoms with Crippen molar-refractivity contribution in [3.05, 3.63) is 53.3 Å². The van der Waals surface area contributed by atoms with Gasteiger partial charge in [0.25, 0.3) is 0 Å². The summed E-state index contributed by atoms with van der Waals surface area (Å²) in [5.41, 5.74) is 8.16. The van der Waals surface area contributed by atoms with E-state index >= 15 is 0 Å². The fourth-order valence-corrected chi connectivity index (χ4v) is 1.59. The largest absolute Gasteiger partial charge is 0.457 e. The topological polar surface area (TPSA) is 35.2 Å². The number of anilines is 1. The summed E-state index contributed by atoms with van der Waals surface area (Å²) in [6, 6.07) is 9.86. The van der Waals surface area contributed by atoms with Crippen LogP contribution in [0.15, 0.2) is 36.4 Å². The lowest BCUT2D eigenvalue weighted by molar-refractivity contribution is 0.469. The lowest BCUT2D eigenvalue weighted by atomic mass is 10.2. The third-order valence-corrected chi connectivity index (χ3v) is 2.57. The van der Waals surface area contributed by atoms with Gasteiger partial charge in [-0.2, -0.15) is 0 Å². The van der Waals surface area contributed by atoms with Crippen LogP contribution in [0.25, 0.3) is 0 Å². The first kappa shape index (κ1) is 11.5. The molecule has 0 fully saturated rings. The second kappa shape index (κ2) is 4.45. The molecule has 0 aliphatic carbocycles. The maximum atomic E-state index is 13.1. The Morgan fingerprint density at radius 3 is 2.41 bits per heavy atom. The zero-order chi connectivity index (χ0) is 12.4. The minimum atomic E-state index is -0.307. The van der Waals surface area contributed by atoms with Crippen LogP contribution in [0.1, 0.15) is 11.1 Å². The van der Waals surface area contributed by atoms with Crippen molar-refractivity contribution in [2.45, 2.75) is 13.8 Å². The van der Waals surface area contributed by atoms with Gasteiger partial charge in [0.15, 0.2) is 0 Å². The molecule has 0 saturated heterocycles. The molecule has 0 atom stereocenters. The number of halogens is 1. The van der Waals surface area contributed by atoms with Crippen LogP contribution in [0.5, 0.6) is 11.5 Å². The van der Waals surface area contributed by atoms with Crippen LogP contribution in [0.2, 0.25) is 0 Å². The van der Waals surface area contributed by atoms with E-state index in [-0.39, 0.29) is 5.82 Å². The monoisotopic (exact) mass is 231 g/mol. The highest BCUT2D eigenvalue weighted by Gasteiger charge is 2.05. The average Bonchev–Trinajstić information content (AvgIpc) is 2.27. The highest BCUT2D eigenvalue weighted by Crippen LogP contribution is 2.29. The van der Waals surface area contributed by atoms with Crippen molar-refractivity contribution < 1.29 is 9.13 Å². The summed E-state index contributed by atoms with van der Waals surface area (Å²) in [4.78, 5) is 0. The van der Waals surface area contributed by atoms with Gasteiger partial charge in [0.1, 0.15) is 17.3 Å². The number of rotatable bonds is 2. The Hall–Kier alpha value is -2.03. The smallest absolute Gasteiger partial charge is 0.133 e. The van der Waals surface area contributed by atoms with E-state index in [4.69, 9.17) is 10.5 Å². The predicted octanol–water partition coefficient (Wildman–Crippen LogP) is 3.82. The molecule has 0 radical (unpaired) electrons. The number of aryl methyl sites for hydroxylation is 2. The Balaban J connectivity index is 2.34. The SMILES string of the molecule is Cc1cc(N)ccc1Oc1cc(F)ccc1C. The van der Waals surface area contributed by atoms with Crippen LogP contribution in [-0.4, -0.2) is 0 Å². The van der Waals surface area contributed by atoms with E-state index in [9.17, 15) is 4.39 Å². The molecule has 0 heterocycles. The first-order valence-corrected chi connectivity index (χ1v) is 5.36. The number of ether oxygens (including phenoxy) is 1. The van der Waals surface area contributed by atoms with Crippen LogP contribution in [-0.2, 0) is 0 Å². The summed E-state index contributed by atoms with van der Waals surface area (Å²) in [5, 5.41) is 0. The van der Waals surface area contributed by atoms with Crippen LogP contribution in [0, 0.1) is 19.7 Å². The molecule has 0 bridgehead atoms. The third kappa shape index (κ3) is 2.56. The molecule has 2 aromatic carbocycles. The van der Waals surface area contributed by atoms with Gasteiger partial charge < -0.3 is 10.5 Å². The maximum Gasteiger partial charge on any atom is 0.133 e. The molecule has 0 unspecified atom stereocenters. The molecule has 2 N–H and O–H groups in total. The van der Waals surface area contributed by atoms with Crippen molar-refractivity contribution in [3.63, 3.8) is 0 Å². The minimum absolute atomic E-state index is 0.307. The van der Waals surface area contributed by atoms with Crippen LogP contribution >= 0.6 is 0 Å². The molecule has 2 rings (SSSR count). The number of nitrogen functional groups attached to an aromatic ring is 1. The summed E-state index contributed by atoms with van der Waals surface area (Å²) in [6.45, 7) is 3.78. The first-order chi connectivity index (χ1) is 8.06. The standard InChI is InChI=1S/C14H14FNO/c1-9-3-4-11(15)8-14(9)17-13-6-5-12(16)7-10(13)2/h3-8H,16H2,1-2H3. The molecule has 88 valence electrons. The minimum Gasteiger partial charge on any atom is -0.457 e. The third-order valence-electron chi connectivity index (χ3n) is 2.57. The van der Waals surface area contributed by atoms with Gasteiger partial charge in [-0.25, -0.2) is 4.39 Å². The highest BCUT2D eigenvalue weighted by molar-refractivity contribution is 5.49. The Morgan fingerprint density at radius 1 is 0.941 bits per heavy atom. The molecule has 0 saturated carbocycles. The maximum absolute atomic E-state index is 13.1. The summed E-state index contributed by atoms with van der Waals surface area (Å²) in [7, 11) is 0. The Bertz CT molecular complexity index is 552. The van der Waals surface area contributed by atoms with E-state index in [1.807, 2.05) is 19.9 Å². The first-order valence-electron chi connectivity index (χ1n) is 5.36. The molecule has 0 aliphatic heterocycles. The summed E-state index contributed by atoms with van der Waals surface area (Å²) < 4.78 is 18.8. The van der Waals surface area contributed by atoms with Crippen LogP contribution in [0.4, 0.5) is 10.1 Å². The van der Waals surface area contributed by atoms with E-state index in [2.05, 4.69) is 0 Å². The molecule has 17 heavy (non-hydrogen) atoms. The molecule has 2 nitrogen and oxygen atoms in total. The van der Waals surface area contributed by atoms with Gasteiger partial charge in [-0.3, -0.25) is 0 Å². The number of hydrogen-bond donors (Lipinski definition) is 1. The summed E-state index contributed by atoms with van der Waals surface area (Å²) >= 11 is 0. The van der Waals surface area contributed by atoms with Crippen molar-refractivity contribution in [2.75, 3.05) is 5.73 Å². The van der Waals surface area contributed by atoms with E-state index in [0.29, 0.717) is 17.2 Å². The lowest BCUT2D eigenvalue weighted by Crippen LogP contribution is -1.92. The van der Waals surface area contributed by atoms with Crippen molar-refractivity contribution in [1.29, 1.82) is 0 Å². The van der Waals surface area contributed by atoms with E-state index in [1.54, 1.807) is 18.2 Å². The average molecular weight is 231 g/mol.